The standard InChI is InChI=1S/C14H21NO5/c1-4-20-11-6-5-9(8-12(11)18-2)7-10(15)13(16)14(17)19-3/h5-6,8,10,13,16H,4,7,15H2,1-3H3. The summed E-state index contributed by atoms with van der Waals surface area (Å²) in [5.74, 6) is 0.486. The van der Waals surface area contributed by atoms with Crippen molar-refractivity contribution in [2.24, 2.45) is 5.73 Å². The predicted octanol–water partition coefficient (Wildman–Crippen LogP) is 0.498. The number of hydrogen-bond donors (Lipinski definition) is 2. The van der Waals surface area contributed by atoms with Crippen LogP contribution in [0.25, 0.3) is 0 Å². The Kier molecular flexibility index (Phi) is 6.27. The fourth-order valence-electron chi connectivity index (χ4n) is 1.79. The summed E-state index contributed by atoms with van der Waals surface area (Å²) in [6.07, 6.45) is -1.03. The van der Waals surface area contributed by atoms with E-state index in [1.807, 2.05) is 13.0 Å². The van der Waals surface area contributed by atoms with Gasteiger partial charge in [0.15, 0.2) is 17.6 Å². The smallest absolute Gasteiger partial charge is 0.336 e. The summed E-state index contributed by atoms with van der Waals surface area (Å²) in [4.78, 5) is 11.2. The SMILES string of the molecule is CCOc1ccc(CC(N)C(O)C(=O)OC)cc1OC. The van der Waals surface area contributed by atoms with Crippen molar-refractivity contribution in [1.82, 2.24) is 0 Å². The fraction of sp³-hybridized carbons (Fsp3) is 0.500. The molecule has 6 nitrogen and oxygen atoms in total. The Balaban J connectivity index is 2.80. The molecule has 2 atom stereocenters. The van der Waals surface area contributed by atoms with Crippen LogP contribution < -0.4 is 15.2 Å². The van der Waals surface area contributed by atoms with E-state index < -0.39 is 18.1 Å². The van der Waals surface area contributed by atoms with Gasteiger partial charge in [0.25, 0.3) is 0 Å². The summed E-state index contributed by atoms with van der Waals surface area (Å²) in [5, 5.41) is 9.66. The molecule has 0 heterocycles. The van der Waals surface area contributed by atoms with Crippen LogP contribution in [-0.4, -0.2) is 44.0 Å². The van der Waals surface area contributed by atoms with E-state index in [9.17, 15) is 9.90 Å². The van der Waals surface area contributed by atoms with Gasteiger partial charge in [0, 0.05) is 6.04 Å². The molecule has 3 N–H and O–H groups in total. The Morgan fingerprint density at radius 3 is 2.60 bits per heavy atom. The summed E-state index contributed by atoms with van der Waals surface area (Å²) in [6.45, 7) is 2.42. The molecule has 0 bridgehead atoms. The normalized spacial score (nSPS) is 13.4. The van der Waals surface area contributed by atoms with Gasteiger partial charge in [0.1, 0.15) is 0 Å². The molecule has 1 aromatic carbocycles. The van der Waals surface area contributed by atoms with Crippen LogP contribution in [-0.2, 0) is 16.0 Å². The highest BCUT2D eigenvalue weighted by molar-refractivity contribution is 5.75. The second-order valence-electron chi connectivity index (χ2n) is 4.25. The molecule has 1 rings (SSSR count). The predicted molar refractivity (Wildman–Crippen MR) is 73.9 cm³/mol. The number of aliphatic hydroxyl groups is 1. The van der Waals surface area contributed by atoms with Gasteiger partial charge in [-0.3, -0.25) is 0 Å². The molecule has 0 saturated carbocycles. The van der Waals surface area contributed by atoms with Crippen molar-refractivity contribution in [2.45, 2.75) is 25.5 Å². The minimum Gasteiger partial charge on any atom is -0.493 e. The zero-order chi connectivity index (χ0) is 15.1. The Hall–Kier alpha value is -1.79. The topological polar surface area (TPSA) is 91.0 Å². The highest BCUT2D eigenvalue weighted by atomic mass is 16.5. The van der Waals surface area contributed by atoms with Crippen molar-refractivity contribution in [1.29, 1.82) is 0 Å². The largest absolute Gasteiger partial charge is 0.493 e. The number of hydrogen-bond acceptors (Lipinski definition) is 6. The van der Waals surface area contributed by atoms with E-state index in [2.05, 4.69) is 4.74 Å². The zero-order valence-corrected chi connectivity index (χ0v) is 12.0. The molecule has 0 saturated heterocycles. The number of esters is 1. The third-order valence-electron chi connectivity index (χ3n) is 2.85. The molecule has 2 unspecified atom stereocenters. The van der Waals surface area contributed by atoms with Gasteiger partial charge in [-0.15, -0.1) is 0 Å². The van der Waals surface area contributed by atoms with Crippen molar-refractivity contribution in [3.63, 3.8) is 0 Å². The maximum absolute atomic E-state index is 11.2. The minimum atomic E-state index is -1.35. The van der Waals surface area contributed by atoms with E-state index in [0.29, 0.717) is 24.5 Å². The van der Waals surface area contributed by atoms with Crippen LogP contribution in [0.4, 0.5) is 0 Å². The maximum Gasteiger partial charge on any atom is 0.336 e. The average Bonchev–Trinajstić information content (AvgIpc) is 2.47. The minimum absolute atomic E-state index is 0.318. The molecule has 0 aliphatic heterocycles. The van der Waals surface area contributed by atoms with Crippen molar-refractivity contribution < 1.29 is 24.1 Å². The van der Waals surface area contributed by atoms with Crippen LogP contribution in [0.15, 0.2) is 18.2 Å². The van der Waals surface area contributed by atoms with Gasteiger partial charge in [0.2, 0.25) is 0 Å². The Morgan fingerprint density at radius 2 is 2.05 bits per heavy atom. The summed E-state index contributed by atoms with van der Waals surface area (Å²) < 4.78 is 15.1. The van der Waals surface area contributed by atoms with Gasteiger partial charge in [-0.1, -0.05) is 6.07 Å². The van der Waals surface area contributed by atoms with E-state index in [0.717, 1.165) is 5.56 Å². The average molecular weight is 283 g/mol. The van der Waals surface area contributed by atoms with Gasteiger partial charge in [-0.25, -0.2) is 4.79 Å². The molecule has 0 aliphatic carbocycles. The molecule has 20 heavy (non-hydrogen) atoms. The first-order valence-corrected chi connectivity index (χ1v) is 6.34. The quantitative estimate of drug-likeness (QED) is 0.708. The fourth-order valence-corrected chi connectivity index (χ4v) is 1.79. The number of aliphatic hydroxyl groups excluding tert-OH is 1. The number of benzene rings is 1. The van der Waals surface area contributed by atoms with Crippen LogP contribution in [0.2, 0.25) is 0 Å². The second kappa shape index (κ2) is 7.72. The molecular weight excluding hydrogens is 262 g/mol. The van der Waals surface area contributed by atoms with E-state index in [1.165, 1.54) is 7.11 Å². The van der Waals surface area contributed by atoms with Crippen molar-refractivity contribution in [3.05, 3.63) is 23.8 Å². The maximum atomic E-state index is 11.2. The number of ether oxygens (including phenoxy) is 3. The molecule has 0 radical (unpaired) electrons. The third-order valence-corrected chi connectivity index (χ3v) is 2.85. The van der Waals surface area contributed by atoms with Crippen LogP contribution in [0.1, 0.15) is 12.5 Å². The first kappa shape index (κ1) is 16.3. The van der Waals surface area contributed by atoms with E-state index in [-0.39, 0.29) is 0 Å². The first-order valence-electron chi connectivity index (χ1n) is 6.34. The van der Waals surface area contributed by atoms with Gasteiger partial charge >= 0.3 is 5.97 Å². The lowest BCUT2D eigenvalue weighted by Gasteiger charge is -2.17. The highest BCUT2D eigenvalue weighted by Gasteiger charge is 2.24. The van der Waals surface area contributed by atoms with Crippen molar-refractivity contribution >= 4 is 5.97 Å². The van der Waals surface area contributed by atoms with Crippen LogP contribution in [0, 0.1) is 0 Å². The van der Waals surface area contributed by atoms with Crippen LogP contribution in [0.5, 0.6) is 11.5 Å². The molecule has 112 valence electrons. The lowest BCUT2D eigenvalue weighted by Crippen LogP contribution is -2.42. The van der Waals surface area contributed by atoms with Gasteiger partial charge in [-0.2, -0.15) is 0 Å². The van der Waals surface area contributed by atoms with E-state index >= 15 is 0 Å². The van der Waals surface area contributed by atoms with Crippen molar-refractivity contribution in [2.75, 3.05) is 20.8 Å². The summed E-state index contributed by atoms with van der Waals surface area (Å²) in [6, 6.07) is 4.62. The highest BCUT2D eigenvalue weighted by Crippen LogP contribution is 2.28. The number of rotatable bonds is 7. The van der Waals surface area contributed by atoms with Gasteiger partial charge < -0.3 is 25.1 Å². The summed E-state index contributed by atoms with van der Waals surface area (Å²) in [5.41, 5.74) is 6.63. The van der Waals surface area contributed by atoms with E-state index in [1.54, 1.807) is 19.2 Å². The molecule has 0 amide bonds. The summed E-state index contributed by atoms with van der Waals surface area (Å²) >= 11 is 0. The second-order valence-corrected chi connectivity index (χ2v) is 4.25. The monoisotopic (exact) mass is 283 g/mol. The Morgan fingerprint density at radius 1 is 1.35 bits per heavy atom. The molecule has 0 spiro atoms. The molecule has 1 aromatic rings. The molecular formula is C14H21NO5. The Labute approximate surface area is 118 Å². The first-order chi connectivity index (χ1) is 9.53. The third kappa shape index (κ3) is 4.11. The summed E-state index contributed by atoms with van der Waals surface area (Å²) in [7, 11) is 2.75. The van der Waals surface area contributed by atoms with Gasteiger partial charge in [-0.05, 0) is 31.0 Å². The number of methoxy groups -OCH3 is 2. The molecule has 6 heteroatoms. The van der Waals surface area contributed by atoms with Crippen LogP contribution >= 0.6 is 0 Å². The zero-order valence-electron chi connectivity index (χ0n) is 12.0. The molecule has 0 fully saturated rings. The lowest BCUT2D eigenvalue weighted by atomic mass is 10.0. The van der Waals surface area contributed by atoms with Crippen LogP contribution in [0.3, 0.4) is 0 Å². The molecule has 0 aliphatic rings. The number of nitrogens with two attached hydrogens (primary N) is 1. The van der Waals surface area contributed by atoms with E-state index in [4.69, 9.17) is 15.2 Å². The number of carbonyl (C=O) groups excluding carboxylic acids is 1. The lowest BCUT2D eigenvalue weighted by molar-refractivity contribution is -0.151. The molecule has 0 aromatic heterocycles. The van der Waals surface area contributed by atoms with Crippen molar-refractivity contribution in [3.8, 4) is 11.5 Å². The van der Waals surface area contributed by atoms with Gasteiger partial charge in [0.05, 0.1) is 20.8 Å². The Bertz CT molecular complexity index is 449. The number of carbonyl (C=O) groups is 1.